The van der Waals surface area contributed by atoms with Gasteiger partial charge in [0.05, 0.1) is 6.20 Å². The van der Waals surface area contributed by atoms with Gasteiger partial charge in [0, 0.05) is 26.3 Å². The highest BCUT2D eigenvalue weighted by Crippen LogP contribution is 2.34. The molecule has 0 unspecified atom stereocenters. The van der Waals surface area contributed by atoms with E-state index in [2.05, 4.69) is 15.2 Å². The van der Waals surface area contributed by atoms with E-state index in [0.29, 0.717) is 25.9 Å². The zero-order chi connectivity index (χ0) is 21.7. The van der Waals surface area contributed by atoms with Crippen LogP contribution >= 0.6 is 0 Å². The second kappa shape index (κ2) is 7.45. The van der Waals surface area contributed by atoms with Crippen molar-refractivity contribution >= 4 is 39.2 Å². The van der Waals surface area contributed by atoms with E-state index >= 15 is 0 Å². The molecule has 0 bridgehead atoms. The fourth-order valence-corrected chi connectivity index (χ4v) is 5.36. The molecule has 13 heteroatoms. The molecule has 0 spiro atoms. The van der Waals surface area contributed by atoms with Gasteiger partial charge in [0.25, 0.3) is 0 Å². The predicted octanol–water partition coefficient (Wildman–Crippen LogP) is -0.165. The van der Waals surface area contributed by atoms with Gasteiger partial charge in [0.2, 0.25) is 15.9 Å². The molecular weight excluding hydrogens is 401 g/mol. The van der Waals surface area contributed by atoms with E-state index in [1.54, 1.807) is 4.52 Å². The maximum Gasteiger partial charge on any atom is 0.250 e. The number of aromatic nitrogens is 5. The minimum absolute atomic E-state index is 0.0999. The molecule has 150 valence electrons. The van der Waals surface area contributed by atoms with Gasteiger partial charge in [0.15, 0.2) is 10.5 Å². The summed E-state index contributed by atoms with van der Waals surface area (Å²) in [5.41, 5.74) is 3.05. The van der Waals surface area contributed by atoms with E-state index in [1.807, 2.05) is 19.2 Å². The molecular formula is C17H19B3N6O3S. The monoisotopic (exact) mass is 420 g/mol. The molecule has 0 saturated carbocycles. The number of sulfonamides is 1. The van der Waals surface area contributed by atoms with Crippen molar-refractivity contribution in [2.45, 2.75) is 35.9 Å². The molecule has 0 aliphatic carbocycles. The number of pyridine rings is 1. The summed E-state index contributed by atoms with van der Waals surface area (Å²) < 4.78 is 36.0. The lowest BCUT2D eigenvalue weighted by atomic mass is 9.52. The Morgan fingerprint density at radius 2 is 1.90 bits per heavy atom. The van der Waals surface area contributed by atoms with Crippen molar-refractivity contribution < 1.29 is 13.2 Å². The van der Waals surface area contributed by atoms with Crippen LogP contribution in [0.2, 0.25) is 0 Å². The summed E-state index contributed by atoms with van der Waals surface area (Å²) in [6, 6.07) is 1.99. The van der Waals surface area contributed by atoms with Crippen LogP contribution in [-0.2, 0) is 17.1 Å². The topological polar surface area (TPSA) is 94.6 Å². The second-order valence-corrected chi connectivity index (χ2v) is 9.45. The molecule has 9 nitrogen and oxygen atoms in total. The number of piperidine rings is 1. The lowest BCUT2D eigenvalue weighted by Crippen LogP contribution is -2.40. The van der Waals surface area contributed by atoms with E-state index < -0.39 is 15.3 Å². The quantitative estimate of drug-likeness (QED) is 0.533. The Morgan fingerprint density at radius 1 is 1.20 bits per heavy atom. The molecule has 1 fully saturated rings. The minimum Gasteiger partial charge on any atom is -0.500 e. The van der Waals surface area contributed by atoms with Gasteiger partial charge < -0.3 is 4.74 Å². The van der Waals surface area contributed by atoms with Crippen molar-refractivity contribution in [1.82, 2.24) is 28.7 Å². The molecule has 0 aromatic carbocycles. The summed E-state index contributed by atoms with van der Waals surface area (Å²) in [6.07, 6.45) is 6.05. The summed E-state index contributed by atoms with van der Waals surface area (Å²) >= 11 is 0. The first-order valence-electron chi connectivity index (χ1n) is 9.44. The molecule has 1 saturated heterocycles. The molecule has 0 atom stereocenters. The molecule has 1 aliphatic rings. The molecule has 0 N–H and O–H groups in total. The Bertz CT molecular complexity index is 1180. The van der Waals surface area contributed by atoms with Gasteiger partial charge >= 0.3 is 0 Å². The third kappa shape index (κ3) is 3.88. The van der Waals surface area contributed by atoms with Gasteiger partial charge in [0.1, 0.15) is 29.9 Å². The number of hydrogen-bond donors (Lipinski definition) is 0. The Labute approximate surface area is 179 Å². The van der Waals surface area contributed by atoms with Gasteiger partial charge in [-0.2, -0.15) is 14.5 Å². The fourth-order valence-electron chi connectivity index (χ4n) is 3.81. The highest BCUT2D eigenvalue weighted by Gasteiger charge is 2.35. The van der Waals surface area contributed by atoms with Crippen molar-refractivity contribution in [3.63, 3.8) is 0 Å². The number of ether oxygens (including phenoxy) is 1. The molecule has 3 aromatic rings. The van der Waals surface area contributed by atoms with Gasteiger partial charge in [-0.25, -0.2) is 22.6 Å². The number of nitrogens with zero attached hydrogens (tertiary/aromatic N) is 6. The molecule has 30 heavy (non-hydrogen) atoms. The second-order valence-electron chi connectivity index (χ2n) is 7.55. The van der Waals surface area contributed by atoms with Crippen LogP contribution < -0.4 is 4.74 Å². The Balaban J connectivity index is 1.54. The zero-order valence-electron chi connectivity index (χ0n) is 16.8. The summed E-state index contributed by atoms with van der Waals surface area (Å²) in [7, 11) is 14.1. The molecule has 6 radical (unpaired) electrons. The lowest BCUT2D eigenvalue weighted by Gasteiger charge is -2.32. The van der Waals surface area contributed by atoms with Crippen LogP contribution in [0, 0.1) is 6.92 Å². The highest BCUT2D eigenvalue weighted by atomic mass is 32.2. The van der Waals surface area contributed by atoms with Crippen molar-refractivity contribution in [2.24, 2.45) is 7.05 Å². The van der Waals surface area contributed by atoms with E-state index in [-0.39, 0.29) is 16.7 Å². The van der Waals surface area contributed by atoms with Crippen LogP contribution in [0.15, 0.2) is 29.7 Å². The average Bonchev–Trinajstić information content (AvgIpc) is 3.26. The summed E-state index contributed by atoms with van der Waals surface area (Å²) in [5.74, 6) is 0.122. The zero-order valence-corrected chi connectivity index (χ0v) is 17.6. The van der Waals surface area contributed by atoms with Crippen molar-refractivity contribution in [3.05, 3.63) is 35.9 Å². The van der Waals surface area contributed by atoms with Crippen LogP contribution in [0.4, 0.5) is 0 Å². The Morgan fingerprint density at radius 3 is 2.57 bits per heavy atom. The van der Waals surface area contributed by atoms with E-state index in [1.165, 1.54) is 28.6 Å². The van der Waals surface area contributed by atoms with E-state index in [4.69, 9.17) is 28.3 Å². The van der Waals surface area contributed by atoms with Crippen LogP contribution in [-0.4, -0.2) is 79.0 Å². The number of rotatable bonds is 5. The lowest BCUT2D eigenvalue weighted by molar-refractivity contribution is 0.278. The number of fused-ring (bicyclic) bond motifs is 1. The van der Waals surface area contributed by atoms with Crippen molar-refractivity contribution in [1.29, 1.82) is 0 Å². The Kier molecular flexibility index (Phi) is 5.21. The summed E-state index contributed by atoms with van der Waals surface area (Å²) in [5, 5.41) is 6.13. The first-order chi connectivity index (χ1) is 14.1. The minimum atomic E-state index is -3.85. The maximum atomic E-state index is 13.2. The largest absolute Gasteiger partial charge is 0.500 e. The van der Waals surface area contributed by atoms with Crippen LogP contribution in [0.25, 0.3) is 5.65 Å². The normalized spacial score (nSPS) is 16.9. The molecule has 1 aliphatic heterocycles. The van der Waals surface area contributed by atoms with E-state index in [0.717, 1.165) is 16.8 Å². The first kappa shape index (κ1) is 21.0. The van der Waals surface area contributed by atoms with Gasteiger partial charge in [-0.3, -0.25) is 0 Å². The highest BCUT2D eigenvalue weighted by molar-refractivity contribution is 7.89. The van der Waals surface area contributed by atoms with Crippen LogP contribution in [0.5, 0.6) is 5.88 Å². The molecule has 0 amide bonds. The number of aryl methyl sites for hydroxylation is 2. The molecule has 3 aromatic heterocycles. The molecule has 4 heterocycles. The van der Waals surface area contributed by atoms with Gasteiger partial charge in [-0.05, 0) is 48.2 Å². The maximum absolute atomic E-state index is 13.2. The molecule has 4 rings (SSSR count). The number of hydrogen-bond acceptors (Lipinski definition) is 6. The fraction of sp³-hybridized carbons (Fsp3) is 0.471. The van der Waals surface area contributed by atoms with Crippen molar-refractivity contribution in [3.8, 4) is 5.88 Å². The Hall–Kier alpha value is -2.27. The summed E-state index contributed by atoms with van der Waals surface area (Å²) in [6.45, 7) is 2.75. The van der Waals surface area contributed by atoms with Crippen LogP contribution in [0.3, 0.4) is 0 Å². The van der Waals surface area contributed by atoms with Gasteiger partial charge in [-0.1, -0.05) is 0 Å². The summed E-state index contributed by atoms with van der Waals surface area (Å²) in [4.78, 5) is 4.08. The SMILES string of the molecule is [B]C([B])([B])Oc1c(S(=O)(=O)N2CCC(c3cn4ncnc4cc3C)CC2)cnn1C. The third-order valence-electron chi connectivity index (χ3n) is 5.30. The average molecular weight is 420 g/mol. The standard InChI is InChI=1S/C17H19B3N6O3S/c1-11-7-15-21-10-23-26(15)9-13(11)12-3-5-25(6-4-12)30(27,28)14-8-22-24(2)16(14)29-17(18,19)20/h7-10,12H,3-6H2,1-2H3. The van der Waals surface area contributed by atoms with E-state index in [9.17, 15) is 8.42 Å². The third-order valence-corrected chi connectivity index (χ3v) is 7.18. The predicted molar refractivity (Wildman–Crippen MR) is 112 cm³/mol. The van der Waals surface area contributed by atoms with Crippen LogP contribution in [0.1, 0.15) is 29.9 Å². The smallest absolute Gasteiger partial charge is 0.250 e. The van der Waals surface area contributed by atoms with Crippen molar-refractivity contribution in [2.75, 3.05) is 13.1 Å². The van der Waals surface area contributed by atoms with Gasteiger partial charge in [-0.15, -0.1) is 0 Å². The first-order valence-corrected chi connectivity index (χ1v) is 10.9.